The maximum atomic E-state index is 13.3. The summed E-state index contributed by atoms with van der Waals surface area (Å²) >= 11 is 0. The molecule has 1 aliphatic heterocycles. The summed E-state index contributed by atoms with van der Waals surface area (Å²) in [6.45, 7) is 4.68. The van der Waals surface area contributed by atoms with Gasteiger partial charge in [-0.3, -0.25) is 24.3 Å². The van der Waals surface area contributed by atoms with Gasteiger partial charge in [0.25, 0.3) is 10.9 Å². The molecule has 2 aliphatic rings. The molecule has 2 fully saturated rings. The molecule has 0 radical (unpaired) electrons. The summed E-state index contributed by atoms with van der Waals surface area (Å²) < 4.78 is 33.2. The van der Waals surface area contributed by atoms with Crippen molar-refractivity contribution in [3.8, 4) is 0 Å². The molecule has 1 aromatic heterocycles. The van der Waals surface area contributed by atoms with Crippen molar-refractivity contribution in [3.05, 3.63) is 45.0 Å². The number of morpholine rings is 1. The van der Waals surface area contributed by atoms with Gasteiger partial charge in [-0.1, -0.05) is 36.6 Å². The summed E-state index contributed by atoms with van der Waals surface area (Å²) in [5.74, 6) is 0.0621. The van der Waals surface area contributed by atoms with Crippen LogP contribution in [0, 0.1) is 0 Å². The van der Waals surface area contributed by atoms with E-state index in [1.54, 1.807) is 24.5 Å². The smallest absolute Gasteiger partial charge is 0.253 e. The Hall–Kier alpha value is -2.38. The normalized spacial score (nSPS) is 17.6. The number of hydrogen-bond donors (Lipinski definition) is 2. The Morgan fingerprint density at radius 3 is 2.41 bits per heavy atom. The highest BCUT2D eigenvalue weighted by atomic mass is 32.2. The molecule has 11 nitrogen and oxygen atoms in total. The first-order valence-corrected chi connectivity index (χ1v) is 15.8. The van der Waals surface area contributed by atoms with E-state index in [2.05, 4.69) is 20.5 Å². The van der Waals surface area contributed by atoms with Gasteiger partial charge in [0.2, 0.25) is 10.0 Å². The van der Waals surface area contributed by atoms with Gasteiger partial charge in [0, 0.05) is 44.3 Å². The number of nitrogens with one attached hydrogen (secondary N) is 2. The maximum absolute atomic E-state index is 13.3. The molecule has 1 saturated heterocycles. The van der Waals surface area contributed by atoms with Crippen molar-refractivity contribution < 1.29 is 18.0 Å². The van der Waals surface area contributed by atoms with Gasteiger partial charge in [-0.05, 0) is 37.8 Å². The molecule has 12 heteroatoms. The fraction of sp³-hybridized carbons (Fsp3) is 0.667. The molecule has 2 heterocycles. The standard InChI is InChI=1S/C27H41N5O6S/c33-26-24(25(27(26)34)30-22-10-13-28-14-11-22)29-12-6-1-2-7-21-39(35,36)32(23-8-4-3-5-9-23)38-20-17-31-15-18-37-19-16-31/h10-11,13-14,23,29H,1-9,12,15-21H2,(H,28,30). The van der Waals surface area contributed by atoms with E-state index in [0.29, 0.717) is 50.7 Å². The van der Waals surface area contributed by atoms with Crippen LogP contribution in [0.3, 0.4) is 0 Å². The van der Waals surface area contributed by atoms with Gasteiger partial charge >= 0.3 is 0 Å². The minimum Gasteiger partial charge on any atom is -0.380 e. The number of pyridine rings is 1. The van der Waals surface area contributed by atoms with Crippen molar-refractivity contribution in [1.82, 2.24) is 14.4 Å². The van der Waals surface area contributed by atoms with Crippen LogP contribution in [0.5, 0.6) is 0 Å². The molecule has 216 valence electrons. The van der Waals surface area contributed by atoms with E-state index >= 15 is 0 Å². The van der Waals surface area contributed by atoms with E-state index in [4.69, 9.17) is 9.57 Å². The van der Waals surface area contributed by atoms with Crippen LogP contribution in [-0.2, 0) is 19.6 Å². The molecule has 4 rings (SSSR count). The number of aromatic nitrogens is 1. The van der Waals surface area contributed by atoms with Gasteiger partial charge in [-0.15, -0.1) is 0 Å². The summed E-state index contributed by atoms with van der Waals surface area (Å²) in [7, 11) is -3.53. The first kappa shape index (κ1) is 29.6. The zero-order valence-electron chi connectivity index (χ0n) is 22.6. The van der Waals surface area contributed by atoms with Crippen LogP contribution < -0.4 is 21.5 Å². The van der Waals surface area contributed by atoms with Gasteiger partial charge in [-0.25, -0.2) is 8.42 Å². The van der Waals surface area contributed by atoms with Gasteiger partial charge in [0.1, 0.15) is 11.4 Å². The molecule has 39 heavy (non-hydrogen) atoms. The van der Waals surface area contributed by atoms with Crippen LogP contribution in [0.2, 0.25) is 0 Å². The van der Waals surface area contributed by atoms with E-state index in [1.807, 2.05) is 0 Å². The molecule has 1 saturated carbocycles. The second-order valence-electron chi connectivity index (χ2n) is 10.3. The van der Waals surface area contributed by atoms with Crippen LogP contribution in [0.15, 0.2) is 34.1 Å². The highest BCUT2D eigenvalue weighted by molar-refractivity contribution is 7.88. The average molecular weight is 564 g/mol. The van der Waals surface area contributed by atoms with Gasteiger partial charge in [0.05, 0.1) is 31.6 Å². The quantitative estimate of drug-likeness (QED) is 0.179. The van der Waals surface area contributed by atoms with Crippen LogP contribution in [0.1, 0.15) is 57.8 Å². The van der Waals surface area contributed by atoms with Crippen molar-refractivity contribution in [1.29, 1.82) is 0 Å². The van der Waals surface area contributed by atoms with Crippen LogP contribution in [0.4, 0.5) is 17.1 Å². The Morgan fingerprint density at radius 2 is 1.67 bits per heavy atom. The van der Waals surface area contributed by atoms with Crippen molar-refractivity contribution >= 4 is 27.1 Å². The molecular formula is C27H41N5O6S. The summed E-state index contributed by atoms with van der Waals surface area (Å²) in [6.07, 6.45) is 11.0. The van der Waals surface area contributed by atoms with Gasteiger partial charge < -0.3 is 15.4 Å². The fourth-order valence-corrected chi connectivity index (χ4v) is 6.76. The minimum absolute atomic E-state index is 0.0621. The number of rotatable bonds is 16. The summed E-state index contributed by atoms with van der Waals surface area (Å²) in [5.41, 5.74) is 0.211. The van der Waals surface area contributed by atoms with E-state index in [0.717, 1.165) is 64.5 Å². The highest BCUT2D eigenvalue weighted by Gasteiger charge is 2.32. The van der Waals surface area contributed by atoms with E-state index < -0.39 is 20.9 Å². The van der Waals surface area contributed by atoms with E-state index in [9.17, 15) is 18.0 Å². The number of nitrogens with zero attached hydrogens (tertiary/aromatic N) is 3. The zero-order chi connectivity index (χ0) is 27.5. The lowest BCUT2D eigenvalue weighted by Crippen LogP contribution is -2.45. The van der Waals surface area contributed by atoms with Crippen LogP contribution >= 0.6 is 0 Å². The van der Waals surface area contributed by atoms with Crippen molar-refractivity contribution in [3.63, 3.8) is 0 Å². The minimum atomic E-state index is -3.53. The molecule has 0 atom stereocenters. The summed E-state index contributed by atoms with van der Waals surface area (Å²) in [5, 5.41) is 6.03. The Kier molecular flexibility index (Phi) is 11.3. The molecular weight excluding hydrogens is 522 g/mol. The molecule has 2 aromatic rings. The number of anilines is 3. The molecule has 0 amide bonds. The highest BCUT2D eigenvalue weighted by Crippen LogP contribution is 2.26. The number of ether oxygens (including phenoxy) is 1. The van der Waals surface area contributed by atoms with E-state index in [-0.39, 0.29) is 17.5 Å². The zero-order valence-corrected chi connectivity index (χ0v) is 23.4. The lowest BCUT2D eigenvalue weighted by molar-refractivity contribution is -0.126. The average Bonchev–Trinajstić information content (AvgIpc) is 2.97. The summed E-state index contributed by atoms with van der Waals surface area (Å²) in [6, 6.07) is 3.36. The molecule has 2 N–H and O–H groups in total. The van der Waals surface area contributed by atoms with E-state index in [1.165, 1.54) is 4.47 Å². The second-order valence-corrected chi connectivity index (χ2v) is 12.2. The maximum Gasteiger partial charge on any atom is 0.253 e. The lowest BCUT2D eigenvalue weighted by Gasteiger charge is -2.33. The fourth-order valence-electron chi connectivity index (χ4n) is 5.11. The second kappa shape index (κ2) is 14.8. The van der Waals surface area contributed by atoms with Crippen molar-refractivity contribution in [2.75, 3.05) is 62.4 Å². The largest absolute Gasteiger partial charge is 0.380 e. The SMILES string of the molecule is O=c1c(NCCCCCCS(=O)(=O)N(OCCN2CCOCC2)C2CCCCC2)c(Nc2ccncc2)c1=O. The monoisotopic (exact) mass is 563 g/mol. The van der Waals surface area contributed by atoms with Crippen LogP contribution in [0.25, 0.3) is 0 Å². The van der Waals surface area contributed by atoms with Crippen molar-refractivity contribution in [2.24, 2.45) is 0 Å². The van der Waals surface area contributed by atoms with Gasteiger partial charge in [-0.2, -0.15) is 0 Å². The summed E-state index contributed by atoms with van der Waals surface area (Å²) in [4.78, 5) is 36.1. The number of unbranched alkanes of at least 4 members (excludes halogenated alkanes) is 3. The Bertz CT molecular complexity index is 1190. The first-order chi connectivity index (χ1) is 19.0. The molecule has 0 unspecified atom stereocenters. The topological polar surface area (TPSA) is 130 Å². The molecule has 1 aromatic carbocycles. The lowest BCUT2D eigenvalue weighted by atomic mass is 9.96. The number of sulfonamides is 1. The van der Waals surface area contributed by atoms with Crippen LogP contribution in [-0.4, -0.2) is 80.6 Å². The third kappa shape index (κ3) is 8.55. The Labute approximate surface area is 230 Å². The van der Waals surface area contributed by atoms with Crippen molar-refractivity contribution in [2.45, 2.75) is 63.8 Å². The predicted octanol–water partition coefficient (Wildman–Crippen LogP) is 2.62. The molecule has 0 spiro atoms. The molecule has 0 bridgehead atoms. The number of hydroxylamine groups is 1. The number of hydrogen-bond acceptors (Lipinski definition) is 10. The Morgan fingerprint density at radius 1 is 0.974 bits per heavy atom. The first-order valence-electron chi connectivity index (χ1n) is 14.1. The Balaban J connectivity index is 1.18. The van der Waals surface area contributed by atoms with Gasteiger partial charge in [0.15, 0.2) is 0 Å². The predicted molar refractivity (Wildman–Crippen MR) is 152 cm³/mol. The third-order valence-corrected chi connectivity index (χ3v) is 9.12. The third-order valence-electron chi connectivity index (χ3n) is 7.37. The molecule has 1 aliphatic carbocycles.